The third kappa shape index (κ3) is 4.31. The van der Waals surface area contributed by atoms with Crippen LogP contribution in [0.15, 0.2) is 51.4 Å². The Morgan fingerprint density at radius 2 is 1.89 bits per heavy atom. The summed E-state index contributed by atoms with van der Waals surface area (Å²) in [7, 11) is 0. The second-order valence-electron chi connectivity index (χ2n) is 6.78. The molecule has 0 saturated carbocycles. The van der Waals surface area contributed by atoms with Crippen LogP contribution in [-0.4, -0.2) is 47.0 Å². The van der Waals surface area contributed by atoms with Gasteiger partial charge < -0.3 is 14.6 Å². The molecule has 0 aliphatic carbocycles. The lowest BCUT2D eigenvalue weighted by Crippen LogP contribution is -2.49. The molecule has 3 aromatic rings. The number of hydrogen-bond donors (Lipinski definition) is 1. The van der Waals surface area contributed by atoms with E-state index in [0.717, 1.165) is 40.2 Å². The van der Waals surface area contributed by atoms with Gasteiger partial charge in [-0.2, -0.15) is 0 Å². The predicted molar refractivity (Wildman–Crippen MR) is 109 cm³/mol. The van der Waals surface area contributed by atoms with Crippen LogP contribution in [0, 0.1) is 6.92 Å². The van der Waals surface area contributed by atoms with Gasteiger partial charge in [0.15, 0.2) is 5.58 Å². The molecule has 0 bridgehead atoms. The number of amides is 2. The van der Waals surface area contributed by atoms with Gasteiger partial charge in [-0.3, -0.25) is 4.90 Å². The standard InChI is InChI=1S/C20H21BrN4O2/c1-14-2-7-18-17(12-14)23-19(27-18)13-24-8-10-25(11-9-24)20(26)22-16-5-3-15(21)4-6-16/h2-7,12H,8-11,13H2,1H3,(H,22,26). The number of piperazine rings is 1. The molecule has 2 aromatic carbocycles. The van der Waals surface area contributed by atoms with Crippen LogP contribution in [0.4, 0.5) is 10.5 Å². The first-order valence-corrected chi connectivity index (χ1v) is 9.76. The molecule has 1 fully saturated rings. The van der Waals surface area contributed by atoms with Gasteiger partial charge in [0, 0.05) is 36.3 Å². The van der Waals surface area contributed by atoms with Crippen molar-refractivity contribution < 1.29 is 9.21 Å². The predicted octanol–water partition coefficient (Wildman–Crippen LogP) is 4.25. The Morgan fingerprint density at radius 3 is 2.63 bits per heavy atom. The monoisotopic (exact) mass is 428 g/mol. The maximum absolute atomic E-state index is 12.4. The number of nitrogens with one attached hydrogen (secondary N) is 1. The summed E-state index contributed by atoms with van der Waals surface area (Å²) in [6, 6.07) is 13.6. The number of nitrogens with zero attached hydrogens (tertiary/aromatic N) is 3. The molecule has 4 rings (SSSR count). The van der Waals surface area contributed by atoms with E-state index in [9.17, 15) is 4.79 Å². The minimum Gasteiger partial charge on any atom is -0.439 e. The number of carbonyl (C=O) groups is 1. The molecule has 1 aliphatic rings. The molecule has 6 nitrogen and oxygen atoms in total. The van der Waals surface area contributed by atoms with E-state index in [1.54, 1.807) is 0 Å². The number of rotatable bonds is 3. The van der Waals surface area contributed by atoms with Crippen LogP contribution in [0.1, 0.15) is 11.5 Å². The first-order valence-electron chi connectivity index (χ1n) is 8.97. The van der Waals surface area contributed by atoms with Gasteiger partial charge in [-0.05, 0) is 48.9 Å². The number of fused-ring (bicyclic) bond motifs is 1. The van der Waals surface area contributed by atoms with E-state index in [-0.39, 0.29) is 6.03 Å². The van der Waals surface area contributed by atoms with Gasteiger partial charge in [-0.1, -0.05) is 22.0 Å². The third-order valence-electron chi connectivity index (χ3n) is 4.70. The highest BCUT2D eigenvalue weighted by Gasteiger charge is 2.22. The summed E-state index contributed by atoms with van der Waals surface area (Å²) in [5.74, 6) is 0.725. The van der Waals surface area contributed by atoms with E-state index in [4.69, 9.17) is 4.42 Å². The van der Waals surface area contributed by atoms with Crippen molar-refractivity contribution >= 4 is 38.7 Å². The van der Waals surface area contributed by atoms with Gasteiger partial charge in [0.1, 0.15) is 5.52 Å². The summed E-state index contributed by atoms with van der Waals surface area (Å²) in [6.07, 6.45) is 0. The second kappa shape index (κ2) is 7.70. The van der Waals surface area contributed by atoms with Crippen LogP contribution in [-0.2, 0) is 6.54 Å². The average molecular weight is 429 g/mol. The number of aryl methyl sites for hydroxylation is 1. The van der Waals surface area contributed by atoms with Gasteiger partial charge in [-0.15, -0.1) is 0 Å². The fourth-order valence-corrected chi connectivity index (χ4v) is 3.45. The van der Waals surface area contributed by atoms with Crippen molar-refractivity contribution in [1.29, 1.82) is 0 Å². The fraction of sp³-hybridized carbons (Fsp3) is 0.300. The van der Waals surface area contributed by atoms with E-state index in [2.05, 4.69) is 31.1 Å². The second-order valence-corrected chi connectivity index (χ2v) is 7.69. The molecule has 1 N–H and O–H groups in total. The maximum atomic E-state index is 12.4. The third-order valence-corrected chi connectivity index (χ3v) is 5.23. The molecular formula is C20H21BrN4O2. The van der Waals surface area contributed by atoms with Gasteiger partial charge in [0.25, 0.3) is 0 Å². The highest BCUT2D eigenvalue weighted by atomic mass is 79.9. The number of urea groups is 1. The lowest BCUT2D eigenvalue weighted by atomic mass is 10.2. The number of halogens is 1. The van der Waals surface area contributed by atoms with Crippen LogP contribution in [0.3, 0.4) is 0 Å². The fourth-order valence-electron chi connectivity index (χ4n) is 3.19. The highest BCUT2D eigenvalue weighted by molar-refractivity contribution is 9.10. The van der Waals surface area contributed by atoms with E-state index in [1.807, 2.05) is 54.3 Å². The van der Waals surface area contributed by atoms with Crippen LogP contribution >= 0.6 is 15.9 Å². The smallest absolute Gasteiger partial charge is 0.321 e. The van der Waals surface area contributed by atoms with Crippen molar-refractivity contribution in [2.75, 3.05) is 31.5 Å². The van der Waals surface area contributed by atoms with Crippen molar-refractivity contribution in [2.24, 2.45) is 0 Å². The molecule has 7 heteroatoms. The molecule has 140 valence electrons. The number of oxazole rings is 1. The van der Waals surface area contributed by atoms with Gasteiger partial charge >= 0.3 is 6.03 Å². The van der Waals surface area contributed by atoms with Crippen molar-refractivity contribution in [1.82, 2.24) is 14.8 Å². The Labute approximate surface area is 166 Å². The van der Waals surface area contributed by atoms with Crippen LogP contribution < -0.4 is 5.32 Å². The summed E-state index contributed by atoms with van der Waals surface area (Å²) >= 11 is 3.40. The van der Waals surface area contributed by atoms with Gasteiger partial charge in [0.2, 0.25) is 5.89 Å². The topological polar surface area (TPSA) is 61.6 Å². The van der Waals surface area contributed by atoms with Crippen LogP contribution in [0.2, 0.25) is 0 Å². The van der Waals surface area contributed by atoms with E-state index >= 15 is 0 Å². The minimum atomic E-state index is -0.0608. The molecular weight excluding hydrogens is 408 g/mol. The van der Waals surface area contributed by atoms with E-state index < -0.39 is 0 Å². The highest BCUT2D eigenvalue weighted by Crippen LogP contribution is 2.19. The Kier molecular flexibility index (Phi) is 5.13. The first kappa shape index (κ1) is 18.0. The zero-order chi connectivity index (χ0) is 18.8. The molecule has 27 heavy (non-hydrogen) atoms. The quantitative estimate of drug-likeness (QED) is 0.677. The zero-order valence-electron chi connectivity index (χ0n) is 15.1. The number of anilines is 1. The van der Waals surface area contributed by atoms with Gasteiger partial charge in [0.05, 0.1) is 6.54 Å². The molecule has 2 amide bonds. The molecule has 0 unspecified atom stereocenters. The van der Waals surface area contributed by atoms with Crippen molar-refractivity contribution in [3.63, 3.8) is 0 Å². The SMILES string of the molecule is Cc1ccc2oc(CN3CCN(C(=O)Nc4ccc(Br)cc4)CC3)nc2c1. The summed E-state index contributed by atoms with van der Waals surface area (Å²) in [5, 5.41) is 2.94. The Hall–Kier alpha value is -2.38. The molecule has 0 spiro atoms. The molecule has 0 atom stereocenters. The normalized spacial score (nSPS) is 15.3. The number of aromatic nitrogens is 1. The van der Waals surface area contributed by atoms with Crippen molar-refractivity contribution in [3.05, 3.63) is 58.4 Å². The molecule has 1 aliphatic heterocycles. The minimum absolute atomic E-state index is 0.0608. The molecule has 1 saturated heterocycles. The summed E-state index contributed by atoms with van der Waals surface area (Å²) in [6.45, 7) is 5.67. The largest absolute Gasteiger partial charge is 0.439 e. The molecule has 2 heterocycles. The summed E-state index contributed by atoms with van der Waals surface area (Å²) < 4.78 is 6.83. The molecule has 1 aromatic heterocycles. The number of benzene rings is 2. The van der Waals surface area contributed by atoms with Crippen LogP contribution in [0.5, 0.6) is 0 Å². The lowest BCUT2D eigenvalue weighted by Gasteiger charge is -2.34. The van der Waals surface area contributed by atoms with Crippen molar-refractivity contribution in [3.8, 4) is 0 Å². The maximum Gasteiger partial charge on any atom is 0.321 e. The number of carbonyl (C=O) groups excluding carboxylic acids is 1. The summed E-state index contributed by atoms with van der Waals surface area (Å²) in [4.78, 5) is 21.1. The average Bonchev–Trinajstić information content (AvgIpc) is 3.05. The van der Waals surface area contributed by atoms with Crippen molar-refractivity contribution in [2.45, 2.75) is 13.5 Å². The molecule has 0 radical (unpaired) electrons. The Bertz CT molecular complexity index is 946. The zero-order valence-corrected chi connectivity index (χ0v) is 16.7. The van der Waals surface area contributed by atoms with Gasteiger partial charge in [-0.25, -0.2) is 9.78 Å². The van der Waals surface area contributed by atoms with Crippen LogP contribution in [0.25, 0.3) is 11.1 Å². The van der Waals surface area contributed by atoms with E-state index in [0.29, 0.717) is 19.6 Å². The Morgan fingerprint density at radius 1 is 1.15 bits per heavy atom. The Balaban J connectivity index is 1.31. The first-order chi connectivity index (χ1) is 13.1. The van der Waals surface area contributed by atoms with E-state index in [1.165, 1.54) is 5.56 Å². The summed E-state index contributed by atoms with van der Waals surface area (Å²) in [5.41, 5.74) is 3.70. The lowest BCUT2D eigenvalue weighted by molar-refractivity contribution is 0.136. The number of hydrogen-bond acceptors (Lipinski definition) is 4.